The molecule has 0 heterocycles. The van der Waals surface area contributed by atoms with Gasteiger partial charge in [0.15, 0.2) is 5.75 Å². The molecule has 2 rings (SSSR count). The predicted molar refractivity (Wildman–Crippen MR) is 70.0 cm³/mol. The van der Waals surface area contributed by atoms with E-state index in [9.17, 15) is 4.79 Å². The summed E-state index contributed by atoms with van der Waals surface area (Å²) in [6.45, 7) is 0.291. The third-order valence-corrected chi connectivity index (χ3v) is 2.48. The van der Waals surface area contributed by atoms with E-state index in [2.05, 4.69) is 5.43 Å². The minimum atomic E-state index is -0.432. The van der Waals surface area contributed by atoms with E-state index in [1.165, 1.54) is 0 Å². The molecule has 3 N–H and O–H groups in total. The van der Waals surface area contributed by atoms with Gasteiger partial charge >= 0.3 is 0 Å². The Morgan fingerprint density at radius 3 is 2.47 bits per heavy atom. The van der Waals surface area contributed by atoms with Crippen LogP contribution in [0.3, 0.4) is 0 Å². The number of nitrogens with one attached hydrogen (secondary N) is 1. The zero-order valence-electron chi connectivity index (χ0n) is 10.2. The van der Waals surface area contributed by atoms with E-state index in [1.54, 1.807) is 24.3 Å². The summed E-state index contributed by atoms with van der Waals surface area (Å²) in [5.74, 6) is 4.99. The zero-order chi connectivity index (χ0) is 13.5. The molecule has 0 saturated heterocycles. The van der Waals surface area contributed by atoms with Gasteiger partial charge in [-0.2, -0.15) is 4.89 Å². The maximum Gasteiger partial charge on any atom is 0.269 e. The third kappa shape index (κ3) is 3.54. The first kappa shape index (κ1) is 13.1. The van der Waals surface area contributed by atoms with E-state index in [-0.39, 0.29) is 0 Å². The van der Waals surface area contributed by atoms with Gasteiger partial charge in [0, 0.05) is 0 Å². The molecule has 1 amide bonds. The molecule has 0 radical (unpaired) electrons. The molecule has 0 saturated carbocycles. The van der Waals surface area contributed by atoms with Crippen molar-refractivity contribution in [3.8, 4) is 5.75 Å². The summed E-state index contributed by atoms with van der Waals surface area (Å²) < 4.78 is 0. The Balaban J connectivity index is 1.98. The molecule has 19 heavy (non-hydrogen) atoms. The minimum absolute atomic E-state index is 0.291. The minimum Gasteiger partial charge on any atom is -0.336 e. The van der Waals surface area contributed by atoms with E-state index in [0.717, 1.165) is 5.56 Å². The lowest BCUT2D eigenvalue weighted by Gasteiger charge is -2.08. The number of hydrogen-bond donors (Lipinski definition) is 2. The lowest BCUT2D eigenvalue weighted by atomic mass is 10.2. The zero-order valence-corrected chi connectivity index (χ0v) is 10.2. The van der Waals surface area contributed by atoms with Crippen LogP contribution in [-0.2, 0) is 11.5 Å². The van der Waals surface area contributed by atoms with Crippen LogP contribution in [0.1, 0.15) is 15.9 Å². The number of benzene rings is 2. The van der Waals surface area contributed by atoms with E-state index in [4.69, 9.17) is 15.6 Å². The van der Waals surface area contributed by atoms with Crippen LogP contribution in [0.15, 0.2) is 54.6 Å². The van der Waals surface area contributed by atoms with Gasteiger partial charge < -0.3 is 4.89 Å². The molecule has 0 unspecified atom stereocenters. The molecular formula is C14H14N2O3. The van der Waals surface area contributed by atoms with Crippen molar-refractivity contribution in [2.45, 2.75) is 6.61 Å². The van der Waals surface area contributed by atoms with E-state index in [0.29, 0.717) is 17.9 Å². The molecule has 5 heteroatoms. The van der Waals surface area contributed by atoms with Crippen LogP contribution >= 0.6 is 0 Å². The Hall–Kier alpha value is -2.37. The Kier molecular flexibility index (Phi) is 4.49. The molecule has 98 valence electrons. The third-order valence-electron chi connectivity index (χ3n) is 2.48. The van der Waals surface area contributed by atoms with Gasteiger partial charge in [-0.05, 0) is 17.7 Å². The van der Waals surface area contributed by atoms with Crippen molar-refractivity contribution < 1.29 is 14.6 Å². The van der Waals surface area contributed by atoms with Crippen molar-refractivity contribution in [2.75, 3.05) is 0 Å². The van der Waals surface area contributed by atoms with Gasteiger partial charge in [0.2, 0.25) is 0 Å². The van der Waals surface area contributed by atoms with Gasteiger partial charge in [-0.3, -0.25) is 10.2 Å². The molecule has 2 aromatic carbocycles. The summed E-state index contributed by atoms with van der Waals surface area (Å²) in [6, 6.07) is 16.3. The quantitative estimate of drug-likeness (QED) is 0.371. The van der Waals surface area contributed by atoms with Crippen LogP contribution in [0.2, 0.25) is 0 Å². The lowest BCUT2D eigenvalue weighted by Crippen LogP contribution is -2.30. The topological polar surface area (TPSA) is 73.6 Å². The summed E-state index contributed by atoms with van der Waals surface area (Å²) in [6.07, 6.45) is 0. The Labute approximate surface area is 110 Å². The van der Waals surface area contributed by atoms with Gasteiger partial charge in [0.1, 0.15) is 6.61 Å². The number of rotatable bonds is 5. The molecule has 0 aromatic heterocycles. The molecule has 0 spiro atoms. The smallest absolute Gasteiger partial charge is 0.269 e. The first-order valence-electron chi connectivity index (χ1n) is 5.74. The summed E-state index contributed by atoms with van der Waals surface area (Å²) in [4.78, 5) is 21.8. The number of carbonyl (C=O) groups excluding carboxylic acids is 1. The molecule has 0 aliphatic carbocycles. The average Bonchev–Trinajstić information content (AvgIpc) is 2.48. The predicted octanol–water partition coefficient (Wildman–Crippen LogP) is 1.80. The van der Waals surface area contributed by atoms with Crippen molar-refractivity contribution in [1.82, 2.24) is 5.43 Å². The Bertz CT molecular complexity index is 543. The van der Waals surface area contributed by atoms with Gasteiger partial charge in [0.25, 0.3) is 5.91 Å². The lowest BCUT2D eigenvalue weighted by molar-refractivity contribution is -0.217. The van der Waals surface area contributed by atoms with Gasteiger partial charge in [-0.25, -0.2) is 5.84 Å². The van der Waals surface area contributed by atoms with Crippen LogP contribution in [0.25, 0.3) is 0 Å². The fourth-order valence-electron chi connectivity index (χ4n) is 1.54. The molecule has 0 bridgehead atoms. The molecule has 0 aliphatic heterocycles. The average molecular weight is 258 g/mol. The van der Waals surface area contributed by atoms with Crippen molar-refractivity contribution in [2.24, 2.45) is 5.84 Å². The molecule has 0 atom stereocenters. The van der Waals surface area contributed by atoms with E-state index < -0.39 is 5.91 Å². The number of hydrazine groups is 1. The first-order chi connectivity index (χ1) is 9.31. The normalized spacial score (nSPS) is 9.95. The highest BCUT2D eigenvalue weighted by molar-refractivity contribution is 5.96. The Morgan fingerprint density at radius 1 is 1.05 bits per heavy atom. The second-order valence-electron chi connectivity index (χ2n) is 3.80. The fraction of sp³-hybridized carbons (Fsp3) is 0.0714. The van der Waals surface area contributed by atoms with Crippen LogP contribution in [0.4, 0.5) is 0 Å². The molecule has 5 nitrogen and oxygen atoms in total. The van der Waals surface area contributed by atoms with Crippen molar-refractivity contribution >= 4 is 5.91 Å². The molecule has 2 aromatic rings. The monoisotopic (exact) mass is 258 g/mol. The number of amides is 1. The number of nitrogens with two attached hydrogens (primary N) is 1. The fourth-order valence-corrected chi connectivity index (χ4v) is 1.54. The van der Waals surface area contributed by atoms with Gasteiger partial charge in [-0.1, -0.05) is 42.5 Å². The van der Waals surface area contributed by atoms with Gasteiger partial charge in [0.05, 0.1) is 5.56 Å². The summed E-state index contributed by atoms with van der Waals surface area (Å²) in [5, 5.41) is 0. The van der Waals surface area contributed by atoms with Crippen molar-refractivity contribution in [1.29, 1.82) is 0 Å². The molecule has 0 fully saturated rings. The largest absolute Gasteiger partial charge is 0.336 e. The van der Waals surface area contributed by atoms with Crippen LogP contribution < -0.4 is 16.2 Å². The van der Waals surface area contributed by atoms with E-state index >= 15 is 0 Å². The highest BCUT2D eigenvalue weighted by atomic mass is 17.2. The number of carbonyl (C=O) groups is 1. The SMILES string of the molecule is NNC(=O)c1ccccc1OOCc1ccccc1. The molecular weight excluding hydrogens is 244 g/mol. The Morgan fingerprint density at radius 2 is 1.74 bits per heavy atom. The van der Waals surface area contributed by atoms with E-state index in [1.807, 2.05) is 30.3 Å². The standard InChI is InChI=1S/C14H14N2O3/c15-16-14(17)12-8-4-5-9-13(12)19-18-10-11-6-2-1-3-7-11/h1-9H,10,15H2,(H,16,17). The maximum atomic E-state index is 11.5. The van der Waals surface area contributed by atoms with Crippen molar-refractivity contribution in [3.63, 3.8) is 0 Å². The van der Waals surface area contributed by atoms with Crippen molar-refractivity contribution in [3.05, 3.63) is 65.7 Å². The summed E-state index contributed by atoms with van der Waals surface area (Å²) in [7, 11) is 0. The summed E-state index contributed by atoms with van der Waals surface area (Å²) in [5.41, 5.74) is 3.35. The molecule has 0 aliphatic rings. The number of para-hydroxylation sites is 1. The number of nitrogen functional groups attached to an aromatic ring is 1. The highest BCUT2D eigenvalue weighted by Gasteiger charge is 2.11. The second kappa shape index (κ2) is 6.53. The van der Waals surface area contributed by atoms with Crippen LogP contribution in [-0.4, -0.2) is 5.91 Å². The summed E-state index contributed by atoms with van der Waals surface area (Å²) >= 11 is 0. The highest BCUT2D eigenvalue weighted by Crippen LogP contribution is 2.18. The van der Waals surface area contributed by atoms with Crippen LogP contribution in [0.5, 0.6) is 5.75 Å². The van der Waals surface area contributed by atoms with Gasteiger partial charge in [-0.15, -0.1) is 0 Å². The maximum absolute atomic E-state index is 11.5. The first-order valence-corrected chi connectivity index (χ1v) is 5.74. The van der Waals surface area contributed by atoms with Crippen LogP contribution in [0, 0.1) is 0 Å². The number of hydrogen-bond acceptors (Lipinski definition) is 4. The second-order valence-corrected chi connectivity index (χ2v) is 3.80.